The molecule has 1 aromatic carbocycles. The number of fused-ring (bicyclic) bond motifs is 2. The lowest BCUT2D eigenvalue weighted by molar-refractivity contribution is 0.0821. The first kappa shape index (κ1) is 19.8. The smallest absolute Gasteiger partial charge is 0.258 e. The van der Waals surface area contributed by atoms with Crippen molar-refractivity contribution in [3.63, 3.8) is 0 Å². The van der Waals surface area contributed by atoms with Crippen molar-refractivity contribution in [2.45, 2.75) is 30.5 Å². The molecule has 0 spiro atoms. The normalized spacial score (nSPS) is 15.3. The molecule has 4 aromatic rings. The van der Waals surface area contributed by atoms with E-state index >= 15 is 0 Å². The van der Waals surface area contributed by atoms with Crippen molar-refractivity contribution in [3.8, 4) is 11.5 Å². The lowest BCUT2D eigenvalue weighted by Gasteiger charge is -2.26. The zero-order valence-corrected chi connectivity index (χ0v) is 18.4. The van der Waals surface area contributed by atoms with Crippen molar-refractivity contribution >= 4 is 28.1 Å². The number of thioether (sulfide) groups is 1. The molecule has 1 aliphatic rings. The van der Waals surface area contributed by atoms with E-state index in [9.17, 15) is 4.79 Å². The Morgan fingerprint density at radius 1 is 1.32 bits per heavy atom. The summed E-state index contributed by atoms with van der Waals surface area (Å²) >= 11 is 2.93. The third kappa shape index (κ3) is 3.72. The number of hydrogen-bond acceptors (Lipinski definition) is 8. The van der Waals surface area contributed by atoms with Crippen LogP contribution in [0.3, 0.4) is 0 Å². The minimum atomic E-state index is -0.370. The zero-order valence-electron chi connectivity index (χ0n) is 16.7. The predicted molar refractivity (Wildman–Crippen MR) is 119 cm³/mol. The van der Waals surface area contributed by atoms with Crippen LogP contribution >= 0.6 is 23.1 Å². The maximum Gasteiger partial charge on any atom is 0.258 e. The molecule has 1 aliphatic heterocycles. The topological polar surface area (TPSA) is 83.5 Å². The summed E-state index contributed by atoms with van der Waals surface area (Å²) in [5.41, 5.74) is 1.53. The number of benzene rings is 1. The van der Waals surface area contributed by atoms with Crippen LogP contribution in [0, 0.1) is 6.92 Å². The Morgan fingerprint density at radius 3 is 3.00 bits per heavy atom. The van der Waals surface area contributed by atoms with Crippen molar-refractivity contribution in [1.82, 2.24) is 24.1 Å². The molecule has 0 saturated heterocycles. The molecule has 0 radical (unpaired) electrons. The van der Waals surface area contributed by atoms with Gasteiger partial charge >= 0.3 is 0 Å². The predicted octanol–water partition coefficient (Wildman–Crippen LogP) is 3.65. The lowest BCUT2D eigenvalue weighted by atomic mass is 10.2. The monoisotopic (exact) mass is 453 g/mol. The molecule has 0 N–H and O–H groups in total. The van der Waals surface area contributed by atoms with Crippen LogP contribution in [-0.2, 0) is 12.3 Å². The molecule has 0 saturated carbocycles. The molecule has 5 rings (SSSR count). The van der Waals surface area contributed by atoms with Crippen LogP contribution in [0.25, 0.3) is 4.96 Å². The Kier molecular flexibility index (Phi) is 5.24. The first-order chi connectivity index (χ1) is 15.1. The van der Waals surface area contributed by atoms with Crippen LogP contribution in [0.1, 0.15) is 23.3 Å². The van der Waals surface area contributed by atoms with Crippen LogP contribution in [0.4, 0.5) is 0 Å². The van der Waals surface area contributed by atoms with Gasteiger partial charge in [-0.1, -0.05) is 30.0 Å². The van der Waals surface area contributed by atoms with Gasteiger partial charge in [-0.3, -0.25) is 13.8 Å². The van der Waals surface area contributed by atoms with Gasteiger partial charge in [0.1, 0.15) is 6.61 Å². The van der Waals surface area contributed by atoms with E-state index < -0.39 is 0 Å². The third-order valence-corrected chi connectivity index (χ3v) is 6.78. The molecule has 0 bridgehead atoms. The maximum absolute atomic E-state index is 12.4. The van der Waals surface area contributed by atoms with E-state index in [1.807, 2.05) is 41.1 Å². The Morgan fingerprint density at radius 2 is 2.16 bits per heavy atom. The van der Waals surface area contributed by atoms with Gasteiger partial charge in [0.15, 0.2) is 33.5 Å². The molecule has 31 heavy (non-hydrogen) atoms. The Balaban J connectivity index is 1.39. The summed E-state index contributed by atoms with van der Waals surface area (Å²) in [6.07, 6.45) is 1.42. The van der Waals surface area contributed by atoms with E-state index in [0.29, 0.717) is 46.3 Å². The summed E-state index contributed by atoms with van der Waals surface area (Å²) in [6.45, 7) is 6.64. The van der Waals surface area contributed by atoms with Gasteiger partial charge < -0.3 is 9.47 Å². The quantitative estimate of drug-likeness (QED) is 0.325. The van der Waals surface area contributed by atoms with Crippen LogP contribution in [0.15, 0.2) is 58.3 Å². The van der Waals surface area contributed by atoms with E-state index in [1.165, 1.54) is 23.1 Å². The summed E-state index contributed by atoms with van der Waals surface area (Å²) in [6, 6.07) is 9.14. The van der Waals surface area contributed by atoms with Gasteiger partial charge in [0.2, 0.25) is 0 Å². The number of allylic oxidation sites excluding steroid dienone is 1. The third-order valence-electron chi connectivity index (χ3n) is 4.83. The summed E-state index contributed by atoms with van der Waals surface area (Å²) in [4.78, 5) is 17.7. The summed E-state index contributed by atoms with van der Waals surface area (Å²) in [7, 11) is 0. The highest BCUT2D eigenvalue weighted by molar-refractivity contribution is 7.98. The highest BCUT2D eigenvalue weighted by Gasteiger charge is 2.28. The van der Waals surface area contributed by atoms with Gasteiger partial charge in [-0.05, 0) is 19.1 Å². The number of para-hydroxylation sites is 2. The SMILES string of the molecule is C=CCn1c(SCc2cc(=O)n3c(C)csc3n2)nnc1[C@H]1COc2ccccc2O1. The number of rotatable bonds is 6. The number of ether oxygens (including phenoxy) is 2. The summed E-state index contributed by atoms with van der Waals surface area (Å²) in [5.74, 6) is 2.59. The van der Waals surface area contributed by atoms with E-state index in [1.54, 1.807) is 16.5 Å². The van der Waals surface area contributed by atoms with Gasteiger partial charge in [-0.2, -0.15) is 0 Å². The van der Waals surface area contributed by atoms with E-state index in [2.05, 4.69) is 21.8 Å². The molecule has 0 aliphatic carbocycles. The van der Waals surface area contributed by atoms with E-state index in [4.69, 9.17) is 9.47 Å². The highest BCUT2D eigenvalue weighted by atomic mass is 32.2. The second-order valence-electron chi connectivity index (χ2n) is 6.97. The first-order valence-electron chi connectivity index (χ1n) is 9.66. The second kappa shape index (κ2) is 8.20. The van der Waals surface area contributed by atoms with Crippen LogP contribution in [0.5, 0.6) is 11.5 Å². The molecular weight excluding hydrogens is 434 g/mol. The Bertz CT molecular complexity index is 1330. The fourth-order valence-corrected chi connectivity index (χ4v) is 5.14. The largest absolute Gasteiger partial charge is 0.485 e. The number of hydrogen-bond donors (Lipinski definition) is 0. The van der Waals surface area contributed by atoms with Crippen molar-refractivity contribution in [3.05, 3.63) is 75.9 Å². The van der Waals surface area contributed by atoms with Gasteiger partial charge in [-0.25, -0.2) is 4.98 Å². The molecule has 10 heteroatoms. The van der Waals surface area contributed by atoms with Gasteiger partial charge in [0, 0.05) is 29.4 Å². The zero-order chi connectivity index (χ0) is 21.4. The average molecular weight is 454 g/mol. The number of thiazole rings is 1. The van der Waals surface area contributed by atoms with E-state index in [0.717, 1.165) is 11.4 Å². The minimum absolute atomic E-state index is 0.0704. The Labute approximate surface area is 186 Å². The first-order valence-corrected chi connectivity index (χ1v) is 11.5. The van der Waals surface area contributed by atoms with Crippen LogP contribution in [0.2, 0.25) is 0 Å². The molecular formula is C21H19N5O3S2. The fraction of sp³-hybridized carbons (Fsp3) is 0.238. The van der Waals surface area contributed by atoms with Gasteiger partial charge in [0.25, 0.3) is 5.56 Å². The number of aryl methyl sites for hydroxylation is 1. The summed E-state index contributed by atoms with van der Waals surface area (Å²) in [5, 5.41) is 11.4. The highest BCUT2D eigenvalue weighted by Crippen LogP contribution is 2.36. The van der Waals surface area contributed by atoms with Gasteiger partial charge in [0.05, 0.1) is 5.69 Å². The van der Waals surface area contributed by atoms with Crippen molar-refractivity contribution < 1.29 is 9.47 Å². The standard InChI is InChI=1S/C21H19N5O3S2/c1-3-8-25-19(17-10-28-15-6-4-5-7-16(15)29-17)23-24-21(25)31-12-14-9-18(27)26-13(2)11-30-20(26)22-14/h3-7,9,11,17H,1,8,10,12H2,2H3/t17-/m1/s1. The minimum Gasteiger partial charge on any atom is -0.485 e. The van der Waals surface area contributed by atoms with Crippen molar-refractivity contribution in [2.24, 2.45) is 0 Å². The van der Waals surface area contributed by atoms with Gasteiger partial charge in [-0.15, -0.1) is 28.1 Å². The molecule has 3 aromatic heterocycles. The molecule has 158 valence electrons. The number of aromatic nitrogens is 5. The number of nitrogens with zero attached hydrogens (tertiary/aromatic N) is 5. The molecule has 1 atom stereocenters. The lowest BCUT2D eigenvalue weighted by Crippen LogP contribution is -2.25. The molecule has 8 nitrogen and oxygen atoms in total. The maximum atomic E-state index is 12.4. The van der Waals surface area contributed by atoms with Crippen molar-refractivity contribution in [2.75, 3.05) is 6.61 Å². The van der Waals surface area contributed by atoms with Crippen molar-refractivity contribution in [1.29, 1.82) is 0 Å². The van der Waals surface area contributed by atoms with Crippen LogP contribution in [-0.4, -0.2) is 30.8 Å². The second-order valence-corrected chi connectivity index (χ2v) is 8.75. The fourth-order valence-electron chi connectivity index (χ4n) is 3.41. The molecule has 0 unspecified atom stereocenters. The van der Waals surface area contributed by atoms with E-state index in [-0.39, 0.29) is 11.7 Å². The molecule has 0 amide bonds. The molecule has 4 heterocycles. The summed E-state index contributed by atoms with van der Waals surface area (Å²) < 4.78 is 15.5. The van der Waals surface area contributed by atoms with Crippen LogP contribution < -0.4 is 15.0 Å². The average Bonchev–Trinajstić information content (AvgIpc) is 3.36. The Hall–Kier alpha value is -3.11. The molecule has 0 fully saturated rings.